The van der Waals surface area contributed by atoms with Gasteiger partial charge >= 0.3 is 0 Å². The molecule has 1 saturated heterocycles. The van der Waals surface area contributed by atoms with Gasteiger partial charge in [-0.1, -0.05) is 48.0 Å². The molecule has 3 aromatic carbocycles. The quantitative estimate of drug-likeness (QED) is 0.243. The molecule has 3 aromatic rings. The third-order valence-corrected chi connectivity index (χ3v) is 6.97. The molecule has 0 N–H and O–H groups in total. The highest BCUT2D eigenvalue weighted by molar-refractivity contribution is 8.18. The lowest BCUT2D eigenvalue weighted by Crippen LogP contribution is -2.32. The number of amides is 2. The van der Waals surface area contributed by atoms with Gasteiger partial charge in [-0.05, 0) is 72.6 Å². The van der Waals surface area contributed by atoms with E-state index in [1.807, 2.05) is 50.2 Å². The van der Waals surface area contributed by atoms with Crippen molar-refractivity contribution in [2.24, 2.45) is 0 Å². The van der Waals surface area contributed by atoms with E-state index in [4.69, 9.17) is 30.5 Å². The Bertz CT molecular complexity index is 1360. The summed E-state index contributed by atoms with van der Waals surface area (Å²) in [5, 5.41) is -0.0144. The van der Waals surface area contributed by atoms with Crippen LogP contribution in [0.4, 0.5) is 4.79 Å². The van der Waals surface area contributed by atoms with Crippen molar-refractivity contribution < 1.29 is 28.5 Å². The number of benzene rings is 3. The van der Waals surface area contributed by atoms with Crippen molar-refractivity contribution in [3.05, 3.63) is 87.3 Å². The first-order valence-electron chi connectivity index (χ1n) is 12.1. The van der Waals surface area contributed by atoms with Gasteiger partial charge in [-0.15, -0.1) is 0 Å². The molecule has 0 aromatic heterocycles. The van der Waals surface area contributed by atoms with Gasteiger partial charge in [-0.3, -0.25) is 14.5 Å². The SMILES string of the molecule is CCOc1cc(/C=C2\SC(=O)N(CCOc3ccccc3OC)C2=O)cc(Cl)c1OCc1ccccc1C. The molecule has 1 heterocycles. The lowest BCUT2D eigenvalue weighted by molar-refractivity contribution is -0.123. The number of para-hydroxylation sites is 2. The van der Waals surface area contributed by atoms with Gasteiger partial charge in [0, 0.05) is 0 Å². The first-order chi connectivity index (χ1) is 18.4. The zero-order valence-electron chi connectivity index (χ0n) is 21.4. The minimum atomic E-state index is -0.391. The van der Waals surface area contributed by atoms with Crippen LogP contribution in [0.5, 0.6) is 23.0 Å². The number of imide groups is 1. The van der Waals surface area contributed by atoms with E-state index in [0.717, 1.165) is 27.8 Å². The first kappa shape index (κ1) is 27.4. The van der Waals surface area contributed by atoms with Crippen LogP contribution in [0.1, 0.15) is 23.6 Å². The van der Waals surface area contributed by atoms with Crippen molar-refractivity contribution in [3.63, 3.8) is 0 Å². The van der Waals surface area contributed by atoms with Crippen LogP contribution >= 0.6 is 23.4 Å². The van der Waals surface area contributed by atoms with Gasteiger partial charge in [0.15, 0.2) is 23.0 Å². The maximum atomic E-state index is 13.0. The summed E-state index contributed by atoms with van der Waals surface area (Å²) in [6, 6.07) is 18.6. The summed E-state index contributed by atoms with van der Waals surface area (Å²) in [5.41, 5.74) is 2.78. The minimum absolute atomic E-state index is 0.108. The average Bonchev–Trinajstić information content (AvgIpc) is 3.17. The van der Waals surface area contributed by atoms with Gasteiger partial charge in [0.1, 0.15) is 13.2 Å². The van der Waals surface area contributed by atoms with E-state index < -0.39 is 5.91 Å². The maximum Gasteiger partial charge on any atom is 0.293 e. The van der Waals surface area contributed by atoms with E-state index in [0.29, 0.717) is 51.7 Å². The number of halogens is 1. The average molecular weight is 554 g/mol. The second-order valence-electron chi connectivity index (χ2n) is 8.31. The minimum Gasteiger partial charge on any atom is -0.493 e. The highest BCUT2D eigenvalue weighted by Gasteiger charge is 2.35. The molecule has 1 aliphatic rings. The highest BCUT2D eigenvalue weighted by Crippen LogP contribution is 2.39. The first-order valence-corrected chi connectivity index (χ1v) is 13.3. The molecule has 38 heavy (non-hydrogen) atoms. The molecule has 4 rings (SSSR count). The van der Waals surface area contributed by atoms with Gasteiger partial charge in [0.05, 0.1) is 30.2 Å². The molecule has 0 radical (unpaired) electrons. The van der Waals surface area contributed by atoms with E-state index in [9.17, 15) is 9.59 Å². The smallest absolute Gasteiger partial charge is 0.293 e. The lowest BCUT2D eigenvalue weighted by Gasteiger charge is -2.15. The van der Waals surface area contributed by atoms with Crippen LogP contribution in [0.2, 0.25) is 5.02 Å². The van der Waals surface area contributed by atoms with E-state index in [-0.39, 0.29) is 18.4 Å². The molecule has 1 fully saturated rings. The number of nitrogens with zero attached hydrogens (tertiary/aromatic N) is 1. The van der Waals surface area contributed by atoms with Gasteiger partial charge in [-0.25, -0.2) is 0 Å². The topological polar surface area (TPSA) is 74.3 Å². The summed E-state index contributed by atoms with van der Waals surface area (Å²) >= 11 is 7.45. The molecule has 7 nitrogen and oxygen atoms in total. The highest BCUT2D eigenvalue weighted by atomic mass is 35.5. The van der Waals surface area contributed by atoms with Gasteiger partial charge < -0.3 is 18.9 Å². The Morgan fingerprint density at radius 3 is 2.42 bits per heavy atom. The fourth-order valence-corrected chi connectivity index (χ4v) is 4.96. The number of rotatable bonds is 11. The van der Waals surface area contributed by atoms with Crippen molar-refractivity contribution in [1.29, 1.82) is 0 Å². The van der Waals surface area contributed by atoms with Crippen molar-refractivity contribution >= 4 is 40.6 Å². The van der Waals surface area contributed by atoms with Crippen LogP contribution in [0, 0.1) is 6.92 Å². The van der Waals surface area contributed by atoms with Crippen LogP contribution in [0.25, 0.3) is 6.08 Å². The second kappa shape index (κ2) is 12.8. The van der Waals surface area contributed by atoms with Crippen LogP contribution in [0.3, 0.4) is 0 Å². The summed E-state index contributed by atoms with van der Waals surface area (Å²) in [5.74, 6) is 1.62. The standard InChI is InChI=1S/C29H28ClNO6S/c1-4-35-25-16-20(15-22(30)27(25)37-18-21-10-6-5-9-19(21)2)17-26-28(32)31(29(33)38-26)13-14-36-24-12-8-7-11-23(24)34-3/h5-12,15-17H,4,13-14,18H2,1-3H3/b26-17-. The summed E-state index contributed by atoms with van der Waals surface area (Å²) in [6.45, 7) is 4.87. The second-order valence-corrected chi connectivity index (χ2v) is 9.71. The van der Waals surface area contributed by atoms with Crippen LogP contribution in [0.15, 0.2) is 65.6 Å². The Hall–Kier alpha value is -3.62. The Balaban J connectivity index is 1.47. The Labute approximate surface area is 231 Å². The summed E-state index contributed by atoms with van der Waals surface area (Å²) in [4.78, 5) is 27.0. The molecular weight excluding hydrogens is 526 g/mol. The molecule has 1 aliphatic heterocycles. The van der Waals surface area contributed by atoms with Gasteiger partial charge in [0.25, 0.3) is 11.1 Å². The monoisotopic (exact) mass is 553 g/mol. The zero-order valence-corrected chi connectivity index (χ0v) is 22.9. The summed E-state index contributed by atoms with van der Waals surface area (Å²) in [6.07, 6.45) is 1.63. The van der Waals surface area contributed by atoms with E-state index >= 15 is 0 Å². The molecule has 9 heteroatoms. The number of hydrogen-bond acceptors (Lipinski definition) is 7. The lowest BCUT2D eigenvalue weighted by atomic mass is 10.1. The Kier molecular flexibility index (Phi) is 9.20. The number of carbonyl (C=O) groups is 2. The molecule has 0 unspecified atom stereocenters. The number of methoxy groups -OCH3 is 1. The Morgan fingerprint density at radius 1 is 0.947 bits per heavy atom. The molecule has 0 saturated carbocycles. The number of hydrogen-bond donors (Lipinski definition) is 0. The third kappa shape index (κ3) is 6.44. The van der Waals surface area contributed by atoms with Crippen molar-refractivity contribution in [2.75, 3.05) is 26.9 Å². The van der Waals surface area contributed by atoms with Crippen molar-refractivity contribution in [2.45, 2.75) is 20.5 Å². The molecular formula is C29H28ClNO6S. The van der Waals surface area contributed by atoms with Gasteiger partial charge in [0.2, 0.25) is 0 Å². The molecule has 0 aliphatic carbocycles. The fraction of sp³-hybridized carbons (Fsp3) is 0.241. The Morgan fingerprint density at radius 2 is 1.68 bits per heavy atom. The van der Waals surface area contributed by atoms with E-state index in [1.54, 1.807) is 37.5 Å². The van der Waals surface area contributed by atoms with Crippen molar-refractivity contribution in [3.8, 4) is 23.0 Å². The zero-order chi connectivity index (χ0) is 27.1. The van der Waals surface area contributed by atoms with Crippen LogP contribution in [-0.4, -0.2) is 42.9 Å². The van der Waals surface area contributed by atoms with E-state index in [1.165, 1.54) is 0 Å². The molecule has 198 valence electrons. The molecule has 0 spiro atoms. The summed E-state index contributed by atoms with van der Waals surface area (Å²) in [7, 11) is 1.55. The number of aryl methyl sites for hydroxylation is 1. The number of thioether (sulfide) groups is 1. The van der Waals surface area contributed by atoms with Crippen LogP contribution in [-0.2, 0) is 11.4 Å². The predicted octanol–water partition coefficient (Wildman–Crippen LogP) is 6.75. The number of carbonyl (C=O) groups excluding carboxylic acids is 2. The fourth-order valence-electron chi connectivity index (χ4n) is 3.83. The maximum absolute atomic E-state index is 13.0. The van der Waals surface area contributed by atoms with Crippen LogP contribution < -0.4 is 18.9 Å². The predicted molar refractivity (Wildman–Crippen MR) is 149 cm³/mol. The number of ether oxygens (including phenoxy) is 4. The normalized spacial score (nSPS) is 14.2. The molecule has 0 atom stereocenters. The molecule has 2 amide bonds. The van der Waals surface area contributed by atoms with E-state index in [2.05, 4.69) is 0 Å². The largest absolute Gasteiger partial charge is 0.493 e. The molecule has 0 bridgehead atoms. The summed E-state index contributed by atoms with van der Waals surface area (Å²) < 4.78 is 22.8. The third-order valence-electron chi connectivity index (χ3n) is 5.78. The van der Waals surface area contributed by atoms with Gasteiger partial charge in [-0.2, -0.15) is 0 Å². The van der Waals surface area contributed by atoms with Crippen molar-refractivity contribution in [1.82, 2.24) is 4.90 Å².